The number of aromatic nitrogens is 2. The highest BCUT2D eigenvalue weighted by molar-refractivity contribution is 9.10. The summed E-state index contributed by atoms with van der Waals surface area (Å²) in [5.74, 6) is 0. The number of nitrogens with zero attached hydrogens (tertiary/aromatic N) is 2. The topological polar surface area (TPSA) is 29.9 Å². The Labute approximate surface area is 120 Å². The van der Waals surface area contributed by atoms with E-state index >= 15 is 0 Å². The summed E-state index contributed by atoms with van der Waals surface area (Å²) in [4.78, 5) is 1.42. The Bertz CT molecular complexity index is 505. The molecular formula is C13H18BrN3S. The minimum atomic E-state index is 0.440. The van der Waals surface area contributed by atoms with Crippen LogP contribution in [0.25, 0.3) is 0 Å². The molecule has 0 saturated heterocycles. The summed E-state index contributed by atoms with van der Waals surface area (Å²) >= 11 is 5.44. The third-order valence-electron chi connectivity index (χ3n) is 3.14. The minimum absolute atomic E-state index is 0.440. The van der Waals surface area contributed by atoms with Gasteiger partial charge in [-0.15, -0.1) is 11.3 Å². The molecule has 1 atom stereocenters. The molecule has 2 heterocycles. The van der Waals surface area contributed by atoms with Crippen LogP contribution in [0.2, 0.25) is 0 Å². The van der Waals surface area contributed by atoms with Crippen molar-refractivity contribution in [1.82, 2.24) is 15.1 Å². The summed E-state index contributed by atoms with van der Waals surface area (Å²) in [5.41, 5.74) is 2.31. The highest BCUT2D eigenvalue weighted by Crippen LogP contribution is 2.22. The molecule has 1 unspecified atom stereocenters. The SMILES string of the molecule is CNC(Cc1cccs1)Cc1c(Br)c(C)nn1C. The largest absolute Gasteiger partial charge is 0.316 e. The van der Waals surface area contributed by atoms with E-state index in [0.717, 1.165) is 23.0 Å². The zero-order valence-corrected chi connectivity index (χ0v) is 13.3. The zero-order chi connectivity index (χ0) is 13.1. The highest BCUT2D eigenvalue weighted by Gasteiger charge is 2.16. The molecule has 0 saturated carbocycles. The van der Waals surface area contributed by atoms with Crippen LogP contribution in [0.5, 0.6) is 0 Å². The number of rotatable bonds is 5. The lowest BCUT2D eigenvalue weighted by Gasteiger charge is -2.15. The first-order chi connectivity index (χ1) is 8.61. The molecular weight excluding hydrogens is 310 g/mol. The molecule has 2 aromatic rings. The Morgan fingerprint density at radius 1 is 1.50 bits per heavy atom. The molecule has 0 radical (unpaired) electrons. The summed E-state index contributed by atoms with van der Waals surface area (Å²) in [6.07, 6.45) is 2.04. The number of hydrogen-bond donors (Lipinski definition) is 1. The van der Waals surface area contributed by atoms with Crippen molar-refractivity contribution in [2.24, 2.45) is 7.05 Å². The molecule has 2 rings (SSSR count). The fourth-order valence-corrected chi connectivity index (χ4v) is 3.37. The molecule has 0 aliphatic rings. The van der Waals surface area contributed by atoms with E-state index < -0.39 is 0 Å². The summed E-state index contributed by atoms with van der Waals surface area (Å²) < 4.78 is 3.11. The van der Waals surface area contributed by atoms with Gasteiger partial charge in [0.2, 0.25) is 0 Å². The van der Waals surface area contributed by atoms with Crippen LogP contribution in [-0.4, -0.2) is 22.9 Å². The van der Waals surface area contributed by atoms with E-state index in [-0.39, 0.29) is 0 Å². The van der Waals surface area contributed by atoms with Crippen LogP contribution in [0.15, 0.2) is 22.0 Å². The van der Waals surface area contributed by atoms with E-state index in [1.807, 2.05) is 37.0 Å². The fourth-order valence-electron chi connectivity index (χ4n) is 2.08. The molecule has 0 fully saturated rings. The molecule has 0 aliphatic carbocycles. The second-order valence-electron chi connectivity index (χ2n) is 4.44. The second-order valence-corrected chi connectivity index (χ2v) is 6.27. The van der Waals surface area contributed by atoms with Gasteiger partial charge in [0, 0.05) is 24.4 Å². The van der Waals surface area contributed by atoms with Crippen molar-refractivity contribution in [3.63, 3.8) is 0 Å². The van der Waals surface area contributed by atoms with Crippen LogP contribution >= 0.6 is 27.3 Å². The van der Waals surface area contributed by atoms with Gasteiger partial charge in [0.25, 0.3) is 0 Å². The molecule has 0 amide bonds. The van der Waals surface area contributed by atoms with Gasteiger partial charge in [-0.2, -0.15) is 5.10 Å². The number of aryl methyl sites for hydroxylation is 2. The monoisotopic (exact) mass is 327 g/mol. The molecule has 5 heteroatoms. The second kappa shape index (κ2) is 5.99. The number of likely N-dealkylation sites (N-methyl/N-ethyl adjacent to an activating group) is 1. The maximum Gasteiger partial charge on any atom is 0.0738 e. The average molecular weight is 328 g/mol. The van der Waals surface area contributed by atoms with Crippen molar-refractivity contribution in [3.8, 4) is 0 Å². The molecule has 2 aromatic heterocycles. The van der Waals surface area contributed by atoms with Gasteiger partial charge in [-0.05, 0) is 47.8 Å². The molecule has 98 valence electrons. The van der Waals surface area contributed by atoms with Gasteiger partial charge in [0.1, 0.15) is 0 Å². The normalized spacial score (nSPS) is 12.9. The Hall–Kier alpha value is -0.650. The Balaban J connectivity index is 2.10. The summed E-state index contributed by atoms with van der Waals surface area (Å²) in [7, 11) is 4.03. The predicted molar refractivity (Wildman–Crippen MR) is 80.2 cm³/mol. The van der Waals surface area contributed by atoms with Crippen molar-refractivity contribution in [2.45, 2.75) is 25.8 Å². The van der Waals surface area contributed by atoms with Gasteiger partial charge in [-0.1, -0.05) is 6.07 Å². The van der Waals surface area contributed by atoms with E-state index in [1.54, 1.807) is 0 Å². The fraction of sp³-hybridized carbons (Fsp3) is 0.462. The molecule has 0 aliphatic heterocycles. The highest BCUT2D eigenvalue weighted by atomic mass is 79.9. The lowest BCUT2D eigenvalue weighted by Crippen LogP contribution is -2.30. The average Bonchev–Trinajstić information content (AvgIpc) is 2.92. The van der Waals surface area contributed by atoms with Gasteiger partial charge < -0.3 is 5.32 Å². The molecule has 0 aromatic carbocycles. The van der Waals surface area contributed by atoms with Crippen LogP contribution < -0.4 is 5.32 Å². The van der Waals surface area contributed by atoms with E-state index in [1.165, 1.54) is 10.6 Å². The van der Waals surface area contributed by atoms with Gasteiger partial charge in [-0.25, -0.2) is 0 Å². The van der Waals surface area contributed by atoms with E-state index in [9.17, 15) is 0 Å². The zero-order valence-electron chi connectivity index (χ0n) is 10.9. The molecule has 1 N–H and O–H groups in total. The summed E-state index contributed by atoms with van der Waals surface area (Å²) in [6, 6.07) is 4.74. The smallest absolute Gasteiger partial charge is 0.0738 e. The van der Waals surface area contributed by atoms with Crippen molar-refractivity contribution >= 4 is 27.3 Å². The first kappa shape index (κ1) is 13.8. The molecule has 0 bridgehead atoms. The maximum atomic E-state index is 4.44. The molecule has 0 spiro atoms. The number of hydrogen-bond acceptors (Lipinski definition) is 3. The Morgan fingerprint density at radius 3 is 2.78 bits per heavy atom. The summed E-state index contributed by atoms with van der Waals surface area (Å²) in [5, 5.41) is 9.97. The number of halogens is 1. The third-order valence-corrected chi connectivity index (χ3v) is 5.07. The molecule has 3 nitrogen and oxygen atoms in total. The van der Waals surface area contributed by atoms with Crippen molar-refractivity contribution < 1.29 is 0 Å². The van der Waals surface area contributed by atoms with Gasteiger partial charge >= 0.3 is 0 Å². The quantitative estimate of drug-likeness (QED) is 0.915. The number of nitrogens with one attached hydrogen (secondary N) is 1. The minimum Gasteiger partial charge on any atom is -0.316 e. The van der Waals surface area contributed by atoms with E-state index in [0.29, 0.717) is 6.04 Å². The van der Waals surface area contributed by atoms with Crippen LogP contribution in [0.4, 0.5) is 0 Å². The van der Waals surface area contributed by atoms with Crippen LogP contribution in [0.1, 0.15) is 16.3 Å². The third kappa shape index (κ3) is 3.02. The van der Waals surface area contributed by atoms with Gasteiger partial charge in [0.15, 0.2) is 0 Å². The van der Waals surface area contributed by atoms with Crippen molar-refractivity contribution in [1.29, 1.82) is 0 Å². The first-order valence-electron chi connectivity index (χ1n) is 5.99. The predicted octanol–water partition coefficient (Wildman–Crippen LogP) is 2.93. The maximum absolute atomic E-state index is 4.44. The van der Waals surface area contributed by atoms with E-state index in [2.05, 4.69) is 43.9 Å². The standard InChI is InChI=1S/C13H18BrN3S/c1-9-13(14)12(17(3)16-9)8-10(15-2)7-11-5-4-6-18-11/h4-6,10,15H,7-8H2,1-3H3. The van der Waals surface area contributed by atoms with Crippen LogP contribution in [0, 0.1) is 6.92 Å². The molecule has 18 heavy (non-hydrogen) atoms. The van der Waals surface area contributed by atoms with E-state index in [4.69, 9.17) is 0 Å². The first-order valence-corrected chi connectivity index (χ1v) is 7.66. The Morgan fingerprint density at radius 2 is 2.28 bits per heavy atom. The summed E-state index contributed by atoms with van der Waals surface area (Å²) in [6.45, 7) is 2.03. The van der Waals surface area contributed by atoms with Gasteiger partial charge in [-0.3, -0.25) is 4.68 Å². The lowest BCUT2D eigenvalue weighted by atomic mass is 10.1. The van der Waals surface area contributed by atoms with Crippen molar-refractivity contribution in [3.05, 3.63) is 38.3 Å². The number of thiophene rings is 1. The van der Waals surface area contributed by atoms with Gasteiger partial charge in [0.05, 0.1) is 15.9 Å². The van der Waals surface area contributed by atoms with Crippen LogP contribution in [0.3, 0.4) is 0 Å². The Kier molecular flexibility index (Phi) is 4.59. The van der Waals surface area contributed by atoms with Crippen LogP contribution in [-0.2, 0) is 19.9 Å². The lowest BCUT2D eigenvalue weighted by molar-refractivity contribution is 0.535. The van der Waals surface area contributed by atoms with Crippen molar-refractivity contribution in [2.75, 3.05) is 7.05 Å².